The van der Waals surface area contributed by atoms with Crippen LogP contribution < -0.4 is 26.0 Å². The van der Waals surface area contributed by atoms with E-state index in [0.29, 0.717) is 0 Å². The molecule has 1 atom stereocenters. The van der Waals surface area contributed by atoms with Crippen LogP contribution >= 0.6 is 0 Å². The predicted molar refractivity (Wildman–Crippen MR) is 137 cm³/mol. The Hall–Kier alpha value is -4.94. The molecule has 2 aromatic carbocycles. The van der Waals surface area contributed by atoms with E-state index in [2.05, 4.69) is 10.6 Å². The molecule has 0 unspecified atom stereocenters. The Bertz CT molecular complexity index is 1250. The van der Waals surface area contributed by atoms with Crippen LogP contribution in [-0.2, 0) is 30.5 Å². The number of imide groups is 1. The number of carbonyl (C=O) groups excluding carboxylic acids is 6. The molecule has 0 aliphatic carbocycles. The molecule has 3 rings (SSSR count). The van der Waals surface area contributed by atoms with Gasteiger partial charge in [-0.05, 0) is 23.8 Å². The molecule has 1 heterocycles. The van der Waals surface area contributed by atoms with Crippen LogP contribution in [0.5, 0.6) is 5.75 Å². The lowest BCUT2D eigenvalue weighted by Crippen LogP contribution is -2.57. The van der Waals surface area contributed by atoms with Gasteiger partial charge in [0.2, 0.25) is 23.6 Å². The van der Waals surface area contributed by atoms with E-state index in [1.165, 1.54) is 30.2 Å². The number of esters is 1. The van der Waals surface area contributed by atoms with E-state index in [4.69, 9.17) is 15.2 Å². The number of nitrogens with zero attached hydrogens (tertiary/aromatic N) is 2. The van der Waals surface area contributed by atoms with Crippen LogP contribution in [0.15, 0.2) is 48.5 Å². The SMILES string of the molecule is COc1ccc(C(=O)OCc2ccccc2)cc1N1CCC(=O)N(CNC(=O)[C@H](CC(N)=O)NC(C)=O)C1=O. The highest BCUT2D eigenvalue weighted by atomic mass is 16.5. The minimum Gasteiger partial charge on any atom is -0.495 e. The number of urea groups is 1. The lowest BCUT2D eigenvalue weighted by molar-refractivity contribution is -0.133. The highest BCUT2D eigenvalue weighted by molar-refractivity contribution is 6.07. The highest BCUT2D eigenvalue weighted by Gasteiger charge is 2.35. The van der Waals surface area contributed by atoms with E-state index in [0.717, 1.165) is 17.4 Å². The van der Waals surface area contributed by atoms with Crippen LogP contribution in [0, 0.1) is 0 Å². The molecule has 1 saturated heterocycles. The fraction of sp³-hybridized carbons (Fsp3) is 0.308. The first-order valence-corrected chi connectivity index (χ1v) is 11.9. The molecule has 0 bridgehead atoms. The fourth-order valence-corrected chi connectivity index (χ4v) is 3.84. The minimum atomic E-state index is -1.27. The van der Waals surface area contributed by atoms with Crippen molar-refractivity contribution in [1.29, 1.82) is 0 Å². The van der Waals surface area contributed by atoms with Crippen molar-refractivity contribution in [2.75, 3.05) is 25.2 Å². The summed E-state index contributed by atoms with van der Waals surface area (Å²) < 4.78 is 10.8. The largest absolute Gasteiger partial charge is 0.495 e. The zero-order valence-corrected chi connectivity index (χ0v) is 21.5. The van der Waals surface area contributed by atoms with Crippen LogP contribution in [0.1, 0.15) is 35.7 Å². The number of carbonyl (C=O) groups is 6. The Morgan fingerprint density at radius 2 is 1.79 bits per heavy atom. The molecule has 1 fully saturated rings. The molecule has 4 N–H and O–H groups in total. The van der Waals surface area contributed by atoms with Crippen molar-refractivity contribution in [1.82, 2.24) is 15.5 Å². The van der Waals surface area contributed by atoms with Gasteiger partial charge in [-0.2, -0.15) is 0 Å². The van der Waals surface area contributed by atoms with Gasteiger partial charge in [0, 0.05) is 19.9 Å². The Morgan fingerprint density at radius 1 is 1.08 bits per heavy atom. The summed E-state index contributed by atoms with van der Waals surface area (Å²) in [6.07, 6.45) is -0.548. The van der Waals surface area contributed by atoms with E-state index < -0.39 is 54.8 Å². The molecule has 13 nitrogen and oxygen atoms in total. The second kappa shape index (κ2) is 13.0. The molecule has 0 radical (unpaired) electrons. The van der Waals surface area contributed by atoms with Crippen LogP contribution in [-0.4, -0.2) is 66.9 Å². The summed E-state index contributed by atoms with van der Waals surface area (Å²) in [5.41, 5.74) is 6.34. The molecular weight excluding hydrogens is 510 g/mol. The first-order chi connectivity index (χ1) is 18.6. The van der Waals surface area contributed by atoms with Crippen molar-refractivity contribution in [2.24, 2.45) is 5.73 Å². The van der Waals surface area contributed by atoms with Gasteiger partial charge in [-0.25, -0.2) is 14.5 Å². The standard InChI is InChI=1S/C26H29N5O8/c1-16(32)29-19(13-22(27)33)24(35)28-15-31-23(34)10-11-30(26(31)37)20-12-18(8-9-21(20)38-2)25(36)39-14-17-6-4-3-5-7-17/h3-9,12,19H,10-11,13-15H2,1-2H3,(H2,27,33)(H,28,35)(H,29,32)/t19-/m0/s1. The number of benzene rings is 2. The van der Waals surface area contributed by atoms with Crippen molar-refractivity contribution in [3.05, 3.63) is 59.7 Å². The summed E-state index contributed by atoms with van der Waals surface area (Å²) in [6, 6.07) is 11.5. The quantitative estimate of drug-likeness (QED) is 0.349. The van der Waals surface area contributed by atoms with Gasteiger partial charge in [0.15, 0.2) is 0 Å². The van der Waals surface area contributed by atoms with Crippen molar-refractivity contribution in [3.8, 4) is 5.75 Å². The molecule has 6 amide bonds. The number of hydrogen-bond donors (Lipinski definition) is 3. The zero-order valence-electron chi connectivity index (χ0n) is 21.5. The summed E-state index contributed by atoms with van der Waals surface area (Å²) >= 11 is 0. The van der Waals surface area contributed by atoms with E-state index in [-0.39, 0.29) is 36.6 Å². The summed E-state index contributed by atoms with van der Waals surface area (Å²) in [6.45, 7) is 0.691. The van der Waals surface area contributed by atoms with Crippen LogP contribution in [0.25, 0.3) is 0 Å². The van der Waals surface area contributed by atoms with Gasteiger partial charge in [-0.3, -0.25) is 24.1 Å². The maximum Gasteiger partial charge on any atom is 0.338 e. The van der Waals surface area contributed by atoms with Crippen molar-refractivity contribution in [2.45, 2.75) is 32.4 Å². The molecule has 1 aliphatic heterocycles. The maximum atomic E-state index is 13.3. The average molecular weight is 540 g/mol. The number of primary amides is 1. The normalized spacial score (nSPS) is 13.9. The Morgan fingerprint density at radius 3 is 2.44 bits per heavy atom. The van der Waals surface area contributed by atoms with Gasteiger partial charge in [0.1, 0.15) is 25.1 Å². The third-order valence-electron chi connectivity index (χ3n) is 5.74. The minimum absolute atomic E-state index is 0.00280. The lowest BCUT2D eigenvalue weighted by Gasteiger charge is -2.35. The van der Waals surface area contributed by atoms with Gasteiger partial charge < -0.3 is 25.8 Å². The predicted octanol–water partition coefficient (Wildman–Crippen LogP) is 0.665. The van der Waals surface area contributed by atoms with E-state index >= 15 is 0 Å². The second-order valence-electron chi connectivity index (χ2n) is 8.58. The molecule has 39 heavy (non-hydrogen) atoms. The summed E-state index contributed by atoms with van der Waals surface area (Å²) in [5, 5.41) is 4.67. The maximum absolute atomic E-state index is 13.3. The third kappa shape index (κ3) is 7.53. The first-order valence-electron chi connectivity index (χ1n) is 11.9. The number of hydrogen-bond acceptors (Lipinski definition) is 8. The molecular formula is C26H29N5O8. The monoisotopic (exact) mass is 539 g/mol. The van der Waals surface area contributed by atoms with Gasteiger partial charge in [-0.1, -0.05) is 30.3 Å². The van der Waals surface area contributed by atoms with Crippen LogP contribution in [0.4, 0.5) is 10.5 Å². The van der Waals surface area contributed by atoms with Gasteiger partial charge >= 0.3 is 12.0 Å². The molecule has 0 saturated carbocycles. The van der Waals surface area contributed by atoms with Crippen LogP contribution in [0.2, 0.25) is 0 Å². The number of amides is 6. The Labute approximate surface area is 224 Å². The average Bonchev–Trinajstić information content (AvgIpc) is 2.91. The van der Waals surface area contributed by atoms with Crippen molar-refractivity contribution in [3.63, 3.8) is 0 Å². The summed E-state index contributed by atoms with van der Waals surface area (Å²) in [5.74, 6) is -3.10. The summed E-state index contributed by atoms with van der Waals surface area (Å²) in [7, 11) is 1.39. The molecule has 0 spiro atoms. The van der Waals surface area contributed by atoms with E-state index in [9.17, 15) is 28.8 Å². The molecule has 206 valence electrons. The zero-order chi connectivity index (χ0) is 28.5. The van der Waals surface area contributed by atoms with Gasteiger partial charge in [-0.15, -0.1) is 0 Å². The highest BCUT2D eigenvalue weighted by Crippen LogP contribution is 2.32. The number of rotatable bonds is 11. The Balaban J connectivity index is 1.75. The number of nitrogens with one attached hydrogen (secondary N) is 2. The van der Waals surface area contributed by atoms with Crippen molar-refractivity contribution < 1.29 is 38.2 Å². The van der Waals surface area contributed by atoms with Gasteiger partial charge in [0.05, 0.1) is 24.8 Å². The van der Waals surface area contributed by atoms with E-state index in [1.807, 2.05) is 30.3 Å². The molecule has 2 aromatic rings. The molecule has 0 aromatic heterocycles. The van der Waals surface area contributed by atoms with Crippen LogP contribution in [0.3, 0.4) is 0 Å². The molecule has 13 heteroatoms. The molecule has 1 aliphatic rings. The topological polar surface area (TPSA) is 177 Å². The fourth-order valence-electron chi connectivity index (χ4n) is 3.84. The number of anilines is 1. The Kier molecular flexibility index (Phi) is 9.57. The number of ether oxygens (including phenoxy) is 2. The second-order valence-corrected chi connectivity index (χ2v) is 8.58. The lowest BCUT2D eigenvalue weighted by atomic mass is 10.1. The van der Waals surface area contributed by atoms with Gasteiger partial charge in [0.25, 0.3) is 0 Å². The van der Waals surface area contributed by atoms with E-state index in [1.54, 1.807) is 0 Å². The number of nitrogens with two attached hydrogens (primary N) is 1. The first kappa shape index (κ1) is 28.6. The van der Waals surface area contributed by atoms with Crippen molar-refractivity contribution >= 4 is 41.3 Å². The summed E-state index contributed by atoms with van der Waals surface area (Å²) in [4.78, 5) is 75.8. The smallest absolute Gasteiger partial charge is 0.338 e. The third-order valence-corrected chi connectivity index (χ3v) is 5.74. The number of methoxy groups -OCH3 is 1.